The first-order chi connectivity index (χ1) is 7.65. The first kappa shape index (κ1) is 11.5. The number of hydrogen-bond donors (Lipinski definition) is 2. The Balaban J connectivity index is 1.87. The standard InChI is InChI=1S/C12H15BrN2O/c1-8-2-3-9(13)6-11(8)14-7-12(16)15-10-4-5-10/h2-3,6,10,14H,4-5,7H2,1H3,(H,15,16). The molecule has 1 aromatic rings. The molecule has 1 fully saturated rings. The third-order valence-electron chi connectivity index (χ3n) is 2.58. The SMILES string of the molecule is Cc1ccc(Br)cc1NCC(=O)NC1CC1. The van der Waals surface area contributed by atoms with Gasteiger partial charge < -0.3 is 10.6 Å². The molecule has 2 N–H and O–H groups in total. The second-order valence-electron chi connectivity index (χ2n) is 4.15. The van der Waals surface area contributed by atoms with E-state index in [1.54, 1.807) is 0 Å². The first-order valence-electron chi connectivity index (χ1n) is 5.44. The van der Waals surface area contributed by atoms with Gasteiger partial charge in [0.25, 0.3) is 0 Å². The molecular weight excluding hydrogens is 268 g/mol. The zero-order valence-electron chi connectivity index (χ0n) is 9.22. The fraction of sp³-hybridized carbons (Fsp3) is 0.417. The van der Waals surface area contributed by atoms with Crippen molar-refractivity contribution in [2.75, 3.05) is 11.9 Å². The number of carbonyl (C=O) groups is 1. The van der Waals surface area contributed by atoms with E-state index in [0.29, 0.717) is 12.6 Å². The summed E-state index contributed by atoms with van der Waals surface area (Å²) in [5.41, 5.74) is 2.14. The first-order valence-corrected chi connectivity index (χ1v) is 6.24. The smallest absolute Gasteiger partial charge is 0.239 e. The van der Waals surface area contributed by atoms with E-state index in [1.165, 1.54) is 0 Å². The van der Waals surface area contributed by atoms with E-state index < -0.39 is 0 Å². The van der Waals surface area contributed by atoms with Gasteiger partial charge in [-0.15, -0.1) is 0 Å². The van der Waals surface area contributed by atoms with Crippen LogP contribution in [0.1, 0.15) is 18.4 Å². The van der Waals surface area contributed by atoms with Gasteiger partial charge in [-0.05, 0) is 37.5 Å². The highest BCUT2D eigenvalue weighted by Crippen LogP contribution is 2.21. The summed E-state index contributed by atoms with van der Waals surface area (Å²) in [6.07, 6.45) is 2.25. The lowest BCUT2D eigenvalue weighted by molar-refractivity contribution is -0.119. The molecule has 16 heavy (non-hydrogen) atoms. The largest absolute Gasteiger partial charge is 0.376 e. The molecule has 1 aliphatic carbocycles. The lowest BCUT2D eigenvalue weighted by Crippen LogP contribution is -2.31. The number of aryl methyl sites for hydroxylation is 1. The Morgan fingerprint density at radius 2 is 2.25 bits per heavy atom. The summed E-state index contributed by atoms with van der Waals surface area (Å²) < 4.78 is 1.02. The zero-order chi connectivity index (χ0) is 11.5. The lowest BCUT2D eigenvalue weighted by Gasteiger charge is -2.10. The normalized spacial score (nSPS) is 14.6. The van der Waals surface area contributed by atoms with Gasteiger partial charge in [-0.25, -0.2) is 0 Å². The minimum atomic E-state index is 0.0712. The van der Waals surface area contributed by atoms with Crippen molar-refractivity contribution < 1.29 is 4.79 Å². The van der Waals surface area contributed by atoms with Gasteiger partial charge in [-0.1, -0.05) is 22.0 Å². The molecule has 0 atom stereocenters. The van der Waals surface area contributed by atoms with Crippen LogP contribution in [0, 0.1) is 6.92 Å². The van der Waals surface area contributed by atoms with Gasteiger partial charge in [0.1, 0.15) is 0 Å². The van der Waals surface area contributed by atoms with Crippen molar-refractivity contribution in [2.45, 2.75) is 25.8 Å². The maximum atomic E-state index is 11.5. The number of anilines is 1. The molecule has 0 unspecified atom stereocenters. The Kier molecular flexibility index (Phi) is 3.49. The molecule has 1 aromatic carbocycles. The summed E-state index contributed by atoms with van der Waals surface area (Å²) in [5, 5.41) is 6.09. The molecular formula is C12H15BrN2O. The van der Waals surface area contributed by atoms with E-state index in [-0.39, 0.29) is 5.91 Å². The van der Waals surface area contributed by atoms with E-state index in [1.807, 2.05) is 25.1 Å². The molecule has 0 aromatic heterocycles. The summed E-state index contributed by atoms with van der Waals surface area (Å²) in [6, 6.07) is 6.42. The molecule has 86 valence electrons. The van der Waals surface area contributed by atoms with E-state index in [4.69, 9.17) is 0 Å². The van der Waals surface area contributed by atoms with E-state index in [0.717, 1.165) is 28.6 Å². The van der Waals surface area contributed by atoms with E-state index in [9.17, 15) is 4.79 Å². The predicted molar refractivity (Wildman–Crippen MR) is 68.5 cm³/mol. The Morgan fingerprint density at radius 1 is 1.50 bits per heavy atom. The Hall–Kier alpha value is -1.03. The second-order valence-corrected chi connectivity index (χ2v) is 5.07. The van der Waals surface area contributed by atoms with Crippen LogP contribution >= 0.6 is 15.9 Å². The van der Waals surface area contributed by atoms with Crippen molar-refractivity contribution in [1.82, 2.24) is 5.32 Å². The van der Waals surface area contributed by atoms with Gasteiger partial charge in [0.2, 0.25) is 5.91 Å². The van der Waals surface area contributed by atoms with Crippen LogP contribution in [0.15, 0.2) is 22.7 Å². The highest BCUT2D eigenvalue weighted by Gasteiger charge is 2.22. The molecule has 0 saturated heterocycles. The quantitative estimate of drug-likeness (QED) is 0.891. The molecule has 0 bridgehead atoms. The number of amides is 1. The average molecular weight is 283 g/mol. The maximum Gasteiger partial charge on any atom is 0.239 e. The Morgan fingerprint density at radius 3 is 2.94 bits per heavy atom. The number of hydrogen-bond acceptors (Lipinski definition) is 2. The van der Waals surface area contributed by atoms with Crippen LogP contribution in [-0.2, 0) is 4.79 Å². The number of nitrogens with one attached hydrogen (secondary N) is 2. The van der Waals surface area contributed by atoms with Gasteiger partial charge in [-0.2, -0.15) is 0 Å². The van der Waals surface area contributed by atoms with E-state index in [2.05, 4.69) is 26.6 Å². The van der Waals surface area contributed by atoms with Gasteiger partial charge in [0.05, 0.1) is 6.54 Å². The highest BCUT2D eigenvalue weighted by atomic mass is 79.9. The van der Waals surface area contributed by atoms with Crippen molar-refractivity contribution in [3.05, 3.63) is 28.2 Å². The topological polar surface area (TPSA) is 41.1 Å². The van der Waals surface area contributed by atoms with Crippen LogP contribution in [0.4, 0.5) is 5.69 Å². The number of benzene rings is 1. The molecule has 0 radical (unpaired) electrons. The monoisotopic (exact) mass is 282 g/mol. The molecule has 1 saturated carbocycles. The van der Waals surface area contributed by atoms with Gasteiger partial charge in [0.15, 0.2) is 0 Å². The molecule has 0 spiro atoms. The minimum absolute atomic E-state index is 0.0712. The Labute approximate surface area is 104 Å². The van der Waals surface area contributed by atoms with Crippen LogP contribution in [0.5, 0.6) is 0 Å². The predicted octanol–water partition coefficient (Wildman–Crippen LogP) is 2.45. The molecule has 0 heterocycles. The van der Waals surface area contributed by atoms with Crippen LogP contribution < -0.4 is 10.6 Å². The van der Waals surface area contributed by atoms with Gasteiger partial charge in [-0.3, -0.25) is 4.79 Å². The number of rotatable bonds is 4. The second kappa shape index (κ2) is 4.87. The summed E-state index contributed by atoms with van der Waals surface area (Å²) in [7, 11) is 0. The van der Waals surface area contributed by atoms with E-state index >= 15 is 0 Å². The van der Waals surface area contributed by atoms with Crippen molar-refractivity contribution in [2.24, 2.45) is 0 Å². The van der Waals surface area contributed by atoms with Crippen LogP contribution in [0.25, 0.3) is 0 Å². The summed E-state index contributed by atoms with van der Waals surface area (Å²) >= 11 is 3.41. The molecule has 2 rings (SSSR count). The molecule has 0 aliphatic heterocycles. The lowest BCUT2D eigenvalue weighted by atomic mass is 10.2. The zero-order valence-corrected chi connectivity index (χ0v) is 10.8. The van der Waals surface area contributed by atoms with Crippen molar-refractivity contribution in [3.63, 3.8) is 0 Å². The van der Waals surface area contributed by atoms with Crippen molar-refractivity contribution in [1.29, 1.82) is 0 Å². The molecule has 3 nitrogen and oxygen atoms in total. The summed E-state index contributed by atoms with van der Waals surface area (Å²) in [6.45, 7) is 2.36. The van der Waals surface area contributed by atoms with Gasteiger partial charge in [0, 0.05) is 16.2 Å². The maximum absolute atomic E-state index is 11.5. The molecule has 1 amide bonds. The van der Waals surface area contributed by atoms with Crippen molar-refractivity contribution >= 4 is 27.5 Å². The Bertz CT molecular complexity index is 402. The molecule has 4 heteroatoms. The number of halogens is 1. The summed E-state index contributed by atoms with van der Waals surface area (Å²) in [4.78, 5) is 11.5. The van der Waals surface area contributed by atoms with Crippen LogP contribution in [-0.4, -0.2) is 18.5 Å². The fourth-order valence-corrected chi connectivity index (χ4v) is 1.83. The third kappa shape index (κ3) is 3.23. The summed E-state index contributed by atoms with van der Waals surface area (Å²) in [5.74, 6) is 0.0712. The third-order valence-corrected chi connectivity index (χ3v) is 3.07. The van der Waals surface area contributed by atoms with Crippen LogP contribution in [0.2, 0.25) is 0 Å². The van der Waals surface area contributed by atoms with Crippen molar-refractivity contribution in [3.8, 4) is 0 Å². The van der Waals surface area contributed by atoms with Crippen LogP contribution in [0.3, 0.4) is 0 Å². The fourth-order valence-electron chi connectivity index (χ4n) is 1.47. The average Bonchev–Trinajstić information content (AvgIpc) is 3.03. The van der Waals surface area contributed by atoms with Gasteiger partial charge >= 0.3 is 0 Å². The minimum Gasteiger partial charge on any atom is -0.376 e. The molecule has 1 aliphatic rings. The highest BCUT2D eigenvalue weighted by molar-refractivity contribution is 9.10. The number of carbonyl (C=O) groups excluding carboxylic acids is 1.